The Labute approximate surface area is 183 Å². The fourth-order valence-corrected chi connectivity index (χ4v) is 3.38. The maximum atomic E-state index is 12.8. The van der Waals surface area contributed by atoms with Gasteiger partial charge in [-0.15, -0.1) is 12.4 Å². The van der Waals surface area contributed by atoms with Gasteiger partial charge in [0, 0.05) is 31.7 Å². The third-order valence-electron chi connectivity index (χ3n) is 5.16. The van der Waals surface area contributed by atoms with E-state index in [1.54, 1.807) is 20.5 Å². The monoisotopic (exact) mass is 435 g/mol. The van der Waals surface area contributed by atoms with Crippen LogP contribution < -0.4 is 10.5 Å². The standard InChI is InChI=1S/C21H29N5O3.ClH/c1-14(2)19(22)20(27)25-11-10-24(13-16(25)4)21(28)29-18-12-15(3)23-26(18)17-8-6-5-7-9-17;/h5-9,12,14,16,19H,10-11,13,22H2,1-4H3;1H/t16?,19-;/m0./s1. The number of carbonyl (C=O) groups is 2. The number of halogens is 1. The second-order valence-corrected chi connectivity index (χ2v) is 7.84. The van der Waals surface area contributed by atoms with Gasteiger partial charge < -0.3 is 20.3 Å². The zero-order valence-corrected chi connectivity index (χ0v) is 18.6. The summed E-state index contributed by atoms with van der Waals surface area (Å²) in [5.41, 5.74) is 7.59. The molecule has 0 radical (unpaired) electrons. The van der Waals surface area contributed by atoms with Crippen LogP contribution in [0.5, 0.6) is 5.88 Å². The maximum Gasteiger partial charge on any atom is 0.416 e. The number of hydrogen-bond donors (Lipinski definition) is 1. The molecule has 1 saturated heterocycles. The molecule has 1 aliphatic rings. The lowest BCUT2D eigenvalue weighted by molar-refractivity contribution is -0.137. The van der Waals surface area contributed by atoms with E-state index in [0.717, 1.165) is 11.4 Å². The molecule has 0 aliphatic carbocycles. The molecular weight excluding hydrogens is 406 g/mol. The molecule has 0 bridgehead atoms. The molecule has 1 aromatic heterocycles. The van der Waals surface area contributed by atoms with Crippen LogP contribution >= 0.6 is 12.4 Å². The molecule has 1 fully saturated rings. The van der Waals surface area contributed by atoms with Gasteiger partial charge in [-0.05, 0) is 31.9 Å². The second kappa shape index (κ2) is 9.95. The average molecular weight is 436 g/mol. The molecule has 9 heteroatoms. The molecule has 2 heterocycles. The predicted molar refractivity (Wildman–Crippen MR) is 117 cm³/mol. The molecule has 1 unspecified atom stereocenters. The van der Waals surface area contributed by atoms with Gasteiger partial charge in [0.2, 0.25) is 11.8 Å². The summed E-state index contributed by atoms with van der Waals surface area (Å²) in [5.74, 6) is 0.365. The van der Waals surface area contributed by atoms with Crippen LogP contribution in [0.15, 0.2) is 36.4 Å². The van der Waals surface area contributed by atoms with Crippen molar-refractivity contribution in [3.63, 3.8) is 0 Å². The smallest absolute Gasteiger partial charge is 0.391 e. The minimum atomic E-state index is -0.529. The molecule has 8 nitrogen and oxygen atoms in total. The zero-order chi connectivity index (χ0) is 21.1. The van der Waals surface area contributed by atoms with Crippen LogP contribution in [0.2, 0.25) is 0 Å². The number of carbonyl (C=O) groups excluding carboxylic acids is 2. The minimum Gasteiger partial charge on any atom is -0.391 e. The highest BCUT2D eigenvalue weighted by molar-refractivity contribution is 5.85. The van der Waals surface area contributed by atoms with Crippen molar-refractivity contribution in [2.45, 2.75) is 39.8 Å². The summed E-state index contributed by atoms with van der Waals surface area (Å²) in [7, 11) is 0. The van der Waals surface area contributed by atoms with Gasteiger partial charge >= 0.3 is 6.09 Å². The number of piperazine rings is 1. The van der Waals surface area contributed by atoms with Crippen molar-refractivity contribution in [1.82, 2.24) is 19.6 Å². The fraction of sp³-hybridized carbons (Fsp3) is 0.476. The normalized spacial score (nSPS) is 17.5. The Morgan fingerprint density at radius 2 is 1.87 bits per heavy atom. The van der Waals surface area contributed by atoms with Crippen LogP contribution in [0.4, 0.5) is 4.79 Å². The number of rotatable bonds is 4. The van der Waals surface area contributed by atoms with Gasteiger partial charge in [0.15, 0.2) is 0 Å². The number of aromatic nitrogens is 2. The van der Waals surface area contributed by atoms with E-state index in [4.69, 9.17) is 10.5 Å². The molecular formula is C21H30ClN5O3. The SMILES string of the molecule is Cc1cc(OC(=O)N2CCN(C(=O)[C@@H](N)C(C)C)C(C)C2)n(-c2ccccc2)n1.Cl. The predicted octanol–water partition coefficient (Wildman–Crippen LogP) is 2.62. The lowest BCUT2D eigenvalue weighted by atomic mass is 10.0. The molecule has 2 amide bonds. The van der Waals surface area contributed by atoms with Crippen molar-refractivity contribution in [3.05, 3.63) is 42.1 Å². The number of aryl methyl sites for hydroxylation is 1. The summed E-state index contributed by atoms with van der Waals surface area (Å²) in [6, 6.07) is 10.6. The Morgan fingerprint density at radius 1 is 1.20 bits per heavy atom. The lowest BCUT2D eigenvalue weighted by Gasteiger charge is -2.40. The summed E-state index contributed by atoms with van der Waals surface area (Å²) in [6.07, 6.45) is -0.450. The minimum absolute atomic E-state index is 0. The number of hydrogen-bond acceptors (Lipinski definition) is 5. The Kier molecular flexibility index (Phi) is 7.86. The second-order valence-electron chi connectivity index (χ2n) is 7.84. The zero-order valence-electron chi connectivity index (χ0n) is 17.8. The Hall–Kier alpha value is -2.58. The van der Waals surface area contributed by atoms with Crippen molar-refractivity contribution >= 4 is 24.4 Å². The Balaban J connectivity index is 0.00000320. The summed E-state index contributed by atoms with van der Waals surface area (Å²) in [5, 5.41) is 4.42. The quantitative estimate of drug-likeness (QED) is 0.796. The fourth-order valence-electron chi connectivity index (χ4n) is 3.38. The van der Waals surface area contributed by atoms with E-state index in [0.29, 0.717) is 25.5 Å². The largest absolute Gasteiger partial charge is 0.416 e. The topological polar surface area (TPSA) is 93.7 Å². The lowest BCUT2D eigenvalue weighted by Crippen LogP contribution is -2.59. The van der Waals surface area contributed by atoms with Gasteiger partial charge in [-0.3, -0.25) is 4.79 Å². The van der Waals surface area contributed by atoms with Crippen LogP contribution in [-0.4, -0.2) is 63.3 Å². The van der Waals surface area contributed by atoms with Crippen molar-refractivity contribution in [2.75, 3.05) is 19.6 Å². The van der Waals surface area contributed by atoms with Crippen LogP contribution in [0.3, 0.4) is 0 Å². The van der Waals surface area contributed by atoms with E-state index in [2.05, 4.69) is 5.10 Å². The van der Waals surface area contributed by atoms with Crippen LogP contribution in [0, 0.1) is 12.8 Å². The van der Waals surface area contributed by atoms with E-state index in [1.165, 1.54) is 0 Å². The van der Waals surface area contributed by atoms with Gasteiger partial charge in [-0.2, -0.15) is 5.10 Å². The van der Waals surface area contributed by atoms with Crippen LogP contribution in [-0.2, 0) is 4.79 Å². The maximum absolute atomic E-state index is 12.8. The molecule has 3 rings (SSSR count). The van der Waals surface area contributed by atoms with Gasteiger partial charge in [0.05, 0.1) is 17.4 Å². The van der Waals surface area contributed by atoms with Crippen molar-refractivity contribution in [1.29, 1.82) is 0 Å². The van der Waals surface area contributed by atoms with Gasteiger partial charge in [0.1, 0.15) is 0 Å². The molecule has 30 heavy (non-hydrogen) atoms. The van der Waals surface area contributed by atoms with E-state index in [-0.39, 0.29) is 30.3 Å². The number of benzene rings is 1. The highest BCUT2D eigenvalue weighted by Gasteiger charge is 2.34. The van der Waals surface area contributed by atoms with Crippen LogP contribution in [0.1, 0.15) is 26.5 Å². The van der Waals surface area contributed by atoms with Gasteiger partial charge in [0.25, 0.3) is 0 Å². The highest BCUT2D eigenvalue weighted by Crippen LogP contribution is 2.21. The van der Waals surface area contributed by atoms with E-state index < -0.39 is 12.1 Å². The van der Waals surface area contributed by atoms with Crippen molar-refractivity contribution in [3.8, 4) is 11.6 Å². The molecule has 2 aromatic rings. The number of nitrogens with two attached hydrogens (primary N) is 1. The molecule has 164 valence electrons. The molecule has 1 aliphatic heterocycles. The Morgan fingerprint density at radius 3 is 2.47 bits per heavy atom. The summed E-state index contributed by atoms with van der Waals surface area (Å²) in [6.45, 7) is 8.86. The summed E-state index contributed by atoms with van der Waals surface area (Å²) >= 11 is 0. The van der Waals surface area contributed by atoms with E-state index in [9.17, 15) is 9.59 Å². The number of amides is 2. The molecule has 1 aromatic carbocycles. The summed E-state index contributed by atoms with van der Waals surface area (Å²) < 4.78 is 7.26. The third-order valence-corrected chi connectivity index (χ3v) is 5.16. The first-order valence-corrected chi connectivity index (χ1v) is 9.93. The molecule has 2 atom stereocenters. The third kappa shape index (κ3) is 5.12. The first kappa shape index (κ1) is 23.7. The average Bonchev–Trinajstić information content (AvgIpc) is 3.07. The highest BCUT2D eigenvalue weighted by atomic mass is 35.5. The van der Waals surface area contributed by atoms with E-state index >= 15 is 0 Å². The first-order chi connectivity index (χ1) is 13.8. The van der Waals surface area contributed by atoms with Crippen molar-refractivity contribution < 1.29 is 14.3 Å². The number of para-hydroxylation sites is 1. The molecule has 0 spiro atoms. The molecule has 2 N–H and O–H groups in total. The molecule has 0 saturated carbocycles. The van der Waals surface area contributed by atoms with E-state index in [1.807, 2.05) is 58.0 Å². The number of ether oxygens (including phenoxy) is 1. The van der Waals surface area contributed by atoms with Gasteiger partial charge in [-0.1, -0.05) is 32.0 Å². The number of nitrogens with zero attached hydrogens (tertiary/aromatic N) is 4. The van der Waals surface area contributed by atoms with Gasteiger partial charge in [-0.25, -0.2) is 9.48 Å². The van der Waals surface area contributed by atoms with Crippen LogP contribution in [0.25, 0.3) is 5.69 Å². The Bertz CT molecular complexity index is 871. The van der Waals surface area contributed by atoms with Crippen molar-refractivity contribution in [2.24, 2.45) is 11.7 Å². The summed E-state index contributed by atoms with van der Waals surface area (Å²) in [4.78, 5) is 28.7. The first-order valence-electron chi connectivity index (χ1n) is 9.93.